The highest BCUT2D eigenvalue weighted by Crippen LogP contribution is 2.37. The Morgan fingerprint density at radius 1 is 0.565 bits per heavy atom. The van der Waals surface area contributed by atoms with Crippen LogP contribution in [0.5, 0.6) is 0 Å². The molecule has 0 spiro atoms. The predicted molar refractivity (Wildman–Crippen MR) is 191 cm³/mol. The summed E-state index contributed by atoms with van der Waals surface area (Å²) in [6.45, 7) is 13.3. The van der Waals surface area contributed by atoms with Crippen LogP contribution in [0.3, 0.4) is 0 Å². The number of anilines is 3. The third-order valence-corrected chi connectivity index (χ3v) is 8.23. The summed E-state index contributed by atoms with van der Waals surface area (Å²) >= 11 is 0. The van der Waals surface area contributed by atoms with E-state index in [0.29, 0.717) is 5.56 Å². The maximum absolute atomic E-state index is 11.4. The topological polar surface area (TPSA) is 64.3 Å². The van der Waals surface area contributed by atoms with Crippen molar-refractivity contribution in [1.29, 1.82) is 5.26 Å². The van der Waals surface area contributed by atoms with Crippen molar-refractivity contribution in [2.45, 2.75) is 52.4 Å². The second-order valence-electron chi connectivity index (χ2n) is 13.7. The Balaban J connectivity index is 1.50. The van der Waals surface area contributed by atoms with Crippen LogP contribution in [0.15, 0.2) is 127 Å². The van der Waals surface area contributed by atoms with Gasteiger partial charge >= 0.3 is 5.97 Å². The Kier molecular flexibility index (Phi) is 8.98. The van der Waals surface area contributed by atoms with Crippen LogP contribution in [0.1, 0.15) is 58.2 Å². The van der Waals surface area contributed by atoms with Gasteiger partial charge in [0.05, 0.1) is 0 Å². The molecule has 0 aliphatic carbocycles. The summed E-state index contributed by atoms with van der Waals surface area (Å²) in [5.41, 5.74) is 10.6. The van der Waals surface area contributed by atoms with Crippen LogP contribution in [-0.2, 0) is 15.6 Å². The van der Waals surface area contributed by atoms with Gasteiger partial charge in [-0.2, -0.15) is 5.26 Å². The van der Waals surface area contributed by atoms with E-state index >= 15 is 0 Å². The van der Waals surface area contributed by atoms with Crippen LogP contribution in [0.2, 0.25) is 0 Å². The maximum Gasteiger partial charge on any atom is 0.346 e. The van der Waals surface area contributed by atoms with Gasteiger partial charge in [-0.3, -0.25) is 0 Å². The van der Waals surface area contributed by atoms with Gasteiger partial charge in [0.2, 0.25) is 0 Å². The van der Waals surface area contributed by atoms with Crippen LogP contribution >= 0.6 is 0 Å². The molecule has 0 aliphatic rings. The molecule has 46 heavy (non-hydrogen) atoms. The molecule has 0 saturated carbocycles. The first-order valence-electron chi connectivity index (χ1n) is 15.5. The molecule has 0 saturated heterocycles. The second-order valence-corrected chi connectivity index (χ2v) is 13.7. The number of carbonyl (C=O) groups is 1. The van der Waals surface area contributed by atoms with E-state index in [1.165, 1.54) is 17.2 Å². The number of nitriles is 1. The minimum absolute atomic E-state index is 0.101. The molecule has 0 aliphatic heterocycles. The molecule has 0 amide bonds. The minimum Gasteiger partial charge on any atom is -0.477 e. The number of hydrogen-bond donors (Lipinski definition) is 1. The van der Waals surface area contributed by atoms with Crippen molar-refractivity contribution >= 4 is 29.1 Å². The molecule has 0 aromatic heterocycles. The van der Waals surface area contributed by atoms with E-state index in [1.807, 2.05) is 24.3 Å². The molecular formula is C42H40N2O2. The first-order chi connectivity index (χ1) is 21.8. The van der Waals surface area contributed by atoms with Gasteiger partial charge in [0.1, 0.15) is 11.6 Å². The molecule has 0 bridgehead atoms. The van der Waals surface area contributed by atoms with Gasteiger partial charge in [-0.1, -0.05) is 126 Å². The quantitative estimate of drug-likeness (QED) is 0.148. The van der Waals surface area contributed by atoms with Gasteiger partial charge < -0.3 is 10.0 Å². The zero-order chi connectivity index (χ0) is 33.1. The van der Waals surface area contributed by atoms with Crippen LogP contribution in [0, 0.1) is 11.3 Å². The first-order valence-corrected chi connectivity index (χ1v) is 15.5. The zero-order valence-corrected chi connectivity index (χ0v) is 27.4. The van der Waals surface area contributed by atoms with Gasteiger partial charge in [-0.05, 0) is 92.2 Å². The Morgan fingerprint density at radius 2 is 0.870 bits per heavy atom. The molecule has 0 atom stereocenters. The van der Waals surface area contributed by atoms with E-state index in [2.05, 4.69) is 144 Å². The van der Waals surface area contributed by atoms with Gasteiger partial charge in [0, 0.05) is 17.1 Å². The van der Waals surface area contributed by atoms with Crippen molar-refractivity contribution in [3.05, 3.63) is 144 Å². The Morgan fingerprint density at radius 3 is 1.15 bits per heavy atom. The number of nitrogens with zero attached hydrogens (tertiary/aromatic N) is 2. The van der Waals surface area contributed by atoms with Gasteiger partial charge in [0.15, 0.2) is 0 Å². The van der Waals surface area contributed by atoms with Gasteiger partial charge in [-0.15, -0.1) is 0 Å². The summed E-state index contributed by atoms with van der Waals surface area (Å²) in [5.74, 6) is -1.24. The molecule has 0 heterocycles. The standard InChI is InChI=1S/C42H40N2O2/c1-41(2,3)35-17-9-30(10-18-35)32-13-23-38(24-14-32)44(37-21-7-29(8-22-37)27-34(28-43)40(45)46)39-25-15-33(16-26-39)31-11-19-36(20-12-31)42(4,5)6/h7-27H,1-6H3,(H,45,46)/b34-27-. The Hall–Kier alpha value is -5.40. The molecule has 230 valence electrons. The van der Waals surface area contributed by atoms with Gasteiger partial charge in [0.25, 0.3) is 0 Å². The average molecular weight is 605 g/mol. The SMILES string of the molecule is CC(C)(C)c1ccc(-c2ccc(N(c3ccc(/C=C(/C#N)C(=O)O)cc3)c3ccc(-c4ccc(C(C)(C)C)cc4)cc3)cc2)cc1. The van der Waals surface area contributed by atoms with Gasteiger partial charge in [-0.25, -0.2) is 4.79 Å². The predicted octanol–water partition coefficient (Wildman–Crippen LogP) is 11.1. The molecule has 4 nitrogen and oxygen atoms in total. The van der Waals surface area contributed by atoms with Crippen LogP contribution < -0.4 is 4.90 Å². The monoisotopic (exact) mass is 604 g/mol. The van der Waals surface area contributed by atoms with E-state index in [-0.39, 0.29) is 16.4 Å². The van der Waals surface area contributed by atoms with Crippen LogP contribution in [0.4, 0.5) is 17.1 Å². The third kappa shape index (κ3) is 7.28. The molecule has 5 rings (SSSR count). The number of aliphatic carboxylic acids is 1. The lowest BCUT2D eigenvalue weighted by Crippen LogP contribution is -2.10. The lowest BCUT2D eigenvalue weighted by molar-refractivity contribution is -0.132. The fourth-order valence-electron chi connectivity index (χ4n) is 5.41. The van der Waals surface area contributed by atoms with Crippen LogP contribution in [0.25, 0.3) is 28.3 Å². The summed E-state index contributed by atoms with van der Waals surface area (Å²) in [6, 6.07) is 43.9. The van der Waals surface area contributed by atoms with Crippen molar-refractivity contribution in [3.8, 4) is 28.3 Å². The largest absolute Gasteiger partial charge is 0.477 e. The van der Waals surface area contributed by atoms with Crippen molar-refractivity contribution < 1.29 is 9.90 Å². The summed E-state index contributed by atoms with van der Waals surface area (Å²) in [5, 5.41) is 18.5. The molecule has 4 heteroatoms. The molecule has 0 fully saturated rings. The number of carboxylic acids is 1. The number of benzene rings is 5. The summed E-state index contributed by atoms with van der Waals surface area (Å²) in [4.78, 5) is 13.5. The van der Waals surface area contributed by atoms with E-state index in [4.69, 9.17) is 0 Å². The van der Waals surface area contributed by atoms with Crippen molar-refractivity contribution in [2.75, 3.05) is 4.90 Å². The lowest BCUT2D eigenvalue weighted by atomic mass is 9.86. The molecular weight excluding hydrogens is 564 g/mol. The zero-order valence-electron chi connectivity index (χ0n) is 27.4. The van der Waals surface area contributed by atoms with E-state index in [1.54, 1.807) is 6.07 Å². The number of carboxylic acid groups (broad SMARTS) is 1. The van der Waals surface area contributed by atoms with E-state index in [9.17, 15) is 15.2 Å². The smallest absolute Gasteiger partial charge is 0.346 e. The fraction of sp³-hybridized carbons (Fsp3) is 0.190. The second kappa shape index (κ2) is 12.9. The lowest BCUT2D eigenvalue weighted by Gasteiger charge is -2.26. The first kappa shape index (κ1) is 32.0. The maximum atomic E-state index is 11.4. The third-order valence-electron chi connectivity index (χ3n) is 8.23. The Labute approximate surface area is 272 Å². The molecule has 5 aromatic rings. The number of rotatable bonds is 7. The highest BCUT2D eigenvalue weighted by molar-refractivity contribution is 5.96. The fourth-order valence-corrected chi connectivity index (χ4v) is 5.41. The van der Waals surface area contributed by atoms with E-state index in [0.717, 1.165) is 39.3 Å². The van der Waals surface area contributed by atoms with Crippen molar-refractivity contribution in [2.24, 2.45) is 0 Å². The summed E-state index contributed by atoms with van der Waals surface area (Å²) in [6.07, 6.45) is 1.38. The normalized spacial score (nSPS) is 12.0. The molecule has 0 unspecified atom stereocenters. The summed E-state index contributed by atoms with van der Waals surface area (Å²) in [7, 11) is 0. The molecule has 5 aromatic carbocycles. The summed E-state index contributed by atoms with van der Waals surface area (Å²) < 4.78 is 0. The van der Waals surface area contributed by atoms with E-state index < -0.39 is 5.97 Å². The van der Waals surface area contributed by atoms with Crippen molar-refractivity contribution in [3.63, 3.8) is 0 Å². The molecule has 1 N–H and O–H groups in total. The highest BCUT2D eigenvalue weighted by Gasteiger charge is 2.16. The Bertz CT molecular complexity index is 1780. The highest BCUT2D eigenvalue weighted by atomic mass is 16.4. The molecule has 0 radical (unpaired) electrons. The number of hydrogen-bond acceptors (Lipinski definition) is 3. The van der Waals surface area contributed by atoms with Crippen LogP contribution in [-0.4, -0.2) is 11.1 Å². The average Bonchev–Trinajstić information content (AvgIpc) is 3.04. The van der Waals surface area contributed by atoms with Crippen molar-refractivity contribution in [1.82, 2.24) is 0 Å². The minimum atomic E-state index is -1.24.